The first-order valence-corrected chi connectivity index (χ1v) is 10.0. The molecule has 1 rings (SSSR count). The minimum atomic E-state index is -0.588. The third kappa shape index (κ3) is 7.98. The van der Waals surface area contributed by atoms with Crippen molar-refractivity contribution in [1.29, 1.82) is 0 Å². The number of nitrogens with two attached hydrogens (primary N) is 1. The quantitative estimate of drug-likeness (QED) is 0.570. The van der Waals surface area contributed by atoms with E-state index in [0.717, 1.165) is 12.8 Å². The van der Waals surface area contributed by atoms with Gasteiger partial charge in [0.15, 0.2) is 0 Å². The van der Waals surface area contributed by atoms with Gasteiger partial charge in [-0.2, -0.15) is 0 Å². The van der Waals surface area contributed by atoms with Crippen LogP contribution in [-0.4, -0.2) is 29.7 Å². The molecule has 1 amide bonds. The molecule has 0 radical (unpaired) electrons. The second-order valence-electron chi connectivity index (χ2n) is 8.53. The lowest BCUT2D eigenvalue weighted by Gasteiger charge is -2.29. The van der Waals surface area contributed by atoms with Gasteiger partial charge in [0.05, 0.1) is 6.10 Å². The number of rotatable bonds is 10. The van der Waals surface area contributed by atoms with Crippen LogP contribution >= 0.6 is 0 Å². The van der Waals surface area contributed by atoms with Crippen LogP contribution in [0.2, 0.25) is 0 Å². The molecular formula is C20H40N2O2. The van der Waals surface area contributed by atoms with Gasteiger partial charge in [-0.1, -0.05) is 59.8 Å². The molecule has 4 N–H and O–H groups in total. The summed E-state index contributed by atoms with van der Waals surface area (Å²) in [5.74, 6) is 1.35. The number of amides is 1. The molecule has 142 valence electrons. The molecule has 3 atom stereocenters. The van der Waals surface area contributed by atoms with Crippen LogP contribution in [0.15, 0.2) is 0 Å². The molecule has 1 fully saturated rings. The second-order valence-corrected chi connectivity index (χ2v) is 8.53. The van der Waals surface area contributed by atoms with E-state index >= 15 is 0 Å². The van der Waals surface area contributed by atoms with E-state index in [1.54, 1.807) is 0 Å². The van der Waals surface area contributed by atoms with Crippen LogP contribution in [0.1, 0.15) is 79.1 Å². The summed E-state index contributed by atoms with van der Waals surface area (Å²) < 4.78 is 0. The average molecular weight is 341 g/mol. The molecule has 0 unspecified atom stereocenters. The van der Waals surface area contributed by atoms with Crippen molar-refractivity contribution in [1.82, 2.24) is 5.32 Å². The van der Waals surface area contributed by atoms with E-state index in [1.165, 1.54) is 32.1 Å². The molecule has 4 heteroatoms. The van der Waals surface area contributed by atoms with Crippen LogP contribution in [0.3, 0.4) is 0 Å². The lowest BCUT2D eigenvalue weighted by Crippen LogP contribution is -2.42. The maximum atomic E-state index is 12.5. The van der Waals surface area contributed by atoms with Gasteiger partial charge in [0.2, 0.25) is 5.91 Å². The lowest BCUT2D eigenvalue weighted by molar-refractivity contribution is -0.127. The first-order valence-electron chi connectivity index (χ1n) is 10.0. The molecule has 0 aromatic rings. The normalized spacial score (nSPS) is 20.2. The summed E-state index contributed by atoms with van der Waals surface area (Å²) in [6.07, 6.45) is 8.16. The Labute approximate surface area is 149 Å². The monoisotopic (exact) mass is 340 g/mol. The minimum absolute atomic E-state index is 0.0644. The van der Waals surface area contributed by atoms with Crippen molar-refractivity contribution < 1.29 is 9.90 Å². The Kier molecular flexibility index (Phi) is 9.91. The first kappa shape index (κ1) is 21.4. The minimum Gasteiger partial charge on any atom is -0.391 e. The number of aliphatic hydroxyl groups is 1. The summed E-state index contributed by atoms with van der Waals surface area (Å²) in [5.41, 5.74) is 6.25. The van der Waals surface area contributed by atoms with Crippen LogP contribution < -0.4 is 11.1 Å². The van der Waals surface area contributed by atoms with E-state index in [2.05, 4.69) is 19.2 Å². The van der Waals surface area contributed by atoms with E-state index in [9.17, 15) is 9.90 Å². The fourth-order valence-electron chi connectivity index (χ4n) is 3.70. The molecule has 1 aliphatic rings. The predicted octanol–water partition coefficient (Wildman–Crippen LogP) is 3.47. The number of carbonyl (C=O) groups excluding carboxylic acids is 1. The van der Waals surface area contributed by atoms with E-state index < -0.39 is 6.10 Å². The molecule has 1 aliphatic carbocycles. The Hall–Kier alpha value is -0.610. The van der Waals surface area contributed by atoms with Gasteiger partial charge < -0.3 is 16.2 Å². The zero-order valence-electron chi connectivity index (χ0n) is 16.3. The summed E-state index contributed by atoms with van der Waals surface area (Å²) in [4.78, 5) is 12.5. The average Bonchev–Trinajstić information content (AvgIpc) is 2.52. The largest absolute Gasteiger partial charge is 0.391 e. The summed E-state index contributed by atoms with van der Waals surface area (Å²) in [6, 6.07) is -0.210. The van der Waals surface area contributed by atoms with E-state index in [4.69, 9.17) is 5.73 Å². The molecule has 1 saturated carbocycles. The fraction of sp³-hybridized carbons (Fsp3) is 0.950. The maximum absolute atomic E-state index is 12.5. The van der Waals surface area contributed by atoms with Gasteiger partial charge in [-0.15, -0.1) is 0 Å². The van der Waals surface area contributed by atoms with E-state index in [1.807, 2.05) is 13.8 Å². The molecule has 24 heavy (non-hydrogen) atoms. The summed E-state index contributed by atoms with van der Waals surface area (Å²) in [6.45, 7) is 9.11. The molecule has 0 aromatic carbocycles. The number of nitrogens with one attached hydrogen (secondary N) is 1. The van der Waals surface area contributed by atoms with Crippen LogP contribution in [0.25, 0.3) is 0 Å². The van der Waals surface area contributed by atoms with Gasteiger partial charge in [0.1, 0.15) is 0 Å². The number of hydrogen-bond donors (Lipinski definition) is 3. The summed E-state index contributed by atoms with van der Waals surface area (Å²) >= 11 is 0. The SMILES string of the molecule is CC(C)CCNC(=O)[C@@H](C[C@H](O)[C@@H](N)CC1CCCCC1)C(C)C. The molecule has 0 bridgehead atoms. The highest BCUT2D eigenvalue weighted by molar-refractivity contribution is 5.78. The lowest BCUT2D eigenvalue weighted by atomic mass is 9.81. The van der Waals surface area contributed by atoms with Gasteiger partial charge in [-0.05, 0) is 37.0 Å². The molecule has 0 aliphatic heterocycles. The third-order valence-corrected chi connectivity index (χ3v) is 5.48. The van der Waals surface area contributed by atoms with Gasteiger partial charge in [-0.3, -0.25) is 4.79 Å². The summed E-state index contributed by atoms with van der Waals surface area (Å²) in [7, 11) is 0. The fourth-order valence-corrected chi connectivity index (χ4v) is 3.70. The number of carbonyl (C=O) groups is 1. The Morgan fingerprint density at radius 2 is 1.79 bits per heavy atom. The first-order chi connectivity index (χ1) is 11.3. The Balaban J connectivity index is 2.45. The Morgan fingerprint density at radius 1 is 1.17 bits per heavy atom. The maximum Gasteiger partial charge on any atom is 0.223 e. The highest BCUT2D eigenvalue weighted by Crippen LogP contribution is 2.28. The van der Waals surface area contributed by atoms with Gasteiger partial charge in [-0.25, -0.2) is 0 Å². The van der Waals surface area contributed by atoms with E-state index in [-0.39, 0.29) is 23.8 Å². The van der Waals surface area contributed by atoms with Crippen molar-refractivity contribution in [3.05, 3.63) is 0 Å². The molecule has 0 spiro atoms. The topological polar surface area (TPSA) is 75.3 Å². The van der Waals surface area contributed by atoms with Gasteiger partial charge >= 0.3 is 0 Å². The zero-order valence-corrected chi connectivity index (χ0v) is 16.3. The van der Waals surface area contributed by atoms with Crippen molar-refractivity contribution in [2.75, 3.05) is 6.54 Å². The second kappa shape index (κ2) is 11.1. The highest BCUT2D eigenvalue weighted by atomic mass is 16.3. The standard InChI is InChI=1S/C20H40N2O2/c1-14(2)10-11-22-20(24)17(15(3)4)13-19(23)18(21)12-16-8-6-5-7-9-16/h14-19,23H,5-13,21H2,1-4H3,(H,22,24)/t17-,18-,19-/m0/s1. The van der Waals surface area contributed by atoms with Crippen molar-refractivity contribution in [3.8, 4) is 0 Å². The Morgan fingerprint density at radius 3 is 2.33 bits per heavy atom. The molecule has 0 saturated heterocycles. The van der Waals surface area contributed by atoms with Crippen LogP contribution in [0, 0.1) is 23.7 Å². The molecule has 0 aromatic heterocycles. The van der Waals surface area contributed by atoms with Crippen LogP contribution in [0.5, 0.6) is 0 Å². The van der Waals surface area contributed by atoms with Gasteiger partial charge in [0, 0.05) is 18.5 Å². The third-order valence-electron chi connectivity index (χ3n) is 5.48. The Bertz CT molecular complexity index is 352. The van der Waals surface area contributed by atoms with Crippen molar-refractivity contribution in [3.63, 3.8) is 0 Å². The highest BCUT2D eigenvalue weighted by Gasteiger charge is 2.29. The molecule has 0 heterocycles. The summed E-state index contributed by atoms with van der Waals surface area (Å²) in [5, 5.41) is 13.6. The molecule has 4 nitrogen and oxygen atoms in total. The number of hydrogen-bond acceptors (Lipinski definition) is 3. The van der Waals surface area contributed by atoms with Crippen LogP contribution in [0.4, 0.5) is 0 Å². The van der Waals surface area contributed by atoms with Crippen molar-refractivity contribution >= 4 is 5.91 Å². The van der Waals surface area contributed by atoms with Crippen molar-refractivity contribution in [2.24, 2.45) is 29.4 Å². The van der Waals surface area contributed by atoms with Crippen molar-refractivity contribution in [2.45, 2.75) is 91.2 Å². The predicted molar refractivity (Wildman–Crippen MR) is 101 cm³/mol. The molecular weight excluding hydrogens is 300 g/mol. The van der Waals surface area contributed by atoms with Gasteiger partial charge in [0.25, 0.3) is 0 Å². The number of aliphatic hydroxyl groups excluding tert-OH is 1. The van der Waals surface area contributed by atoms with E-state index in [0.29, 0.717) is 24.8 Å². The zero-order chi connectivity index (χ0) is 18.1. The smallest absolute Gasteiger partial charge is 0.223 e. The van der Waals surface area contributed by atoms with Crippen LogP contribution in [-0.2, 0) is 4.79 Å².